The molecule has 1 aliphatic heterocycles. The summed E-state index contributed by atoms with van der Waals surface area (Å²) >= 11 is 0. The van der Waals surface area contributed by atoms with Gasteiger partial charge in [0.25, 0.3) is 0 Å². The van der Waals surface area contributed by atoms with Crippen molar-refractivity contribution in [3.8, 4) is 0 Å². The van der Waals surface area contributed by atoms with Gasteiger partial charge in [-0.2, -0.15) is 5.10 Å². The average Bonchev–Trinajstić information content (AvgIpc) is 3.31. The molecule has 1 aliphatic carbocycles. The molecule has 1 N–H and O–H groups in total. The Morgan fingerprint density at radius 3 is 2.50 bits per heavy atom. The van der Waals surface area contributed by atoms with Gasteiger partial charge in [-0.3, -0.25) is 14.7 Å². The molecule has 4 rings (SSSR count). The molecule has 0 unspecified atom stereocenters. The summed E-state index contributed by atoms with van der Waals surface area (Å²) in [6.45, 7) is 5.73. The maximum absolute atomic E-state index is 12.8. The summed E-state index contributed by atoms with van der Waals surface area (Å²) in [4.78, 5) is 31.6. The molecule has 2 fully saturated rings. The number of ketones is 1. The summed E-state index contributed by atoms with van der Waals surface area (Å²) in [6.07, 6.45) is 4.86. The number of H-pyrrole nitrogens is 1. The minimum absolute atomic E-state index is 0.0178. The minimum Gasteiger partial charge on any atom is -0.342 e. The molecule has 1 saturated carbocycles. The molecule has 2 heterocycles. The van der Waals surface area contributed by atoms with Crippen LogP contribution in [0, 0.1) is 17.8 Å². The number of aromatic amines is 1. The normalized spacial score (nSPS) is 22.5. The molecule has 1 saturated heterocycles. The topological polar surface area (TPSA) is 79.0 Å². The van der Waals surface area contributed by atoms with Crippen molar-refractivity contribution in [2.45, 2.75) is 45.4 Å². The maximum atomic E-state index is 12.8. The number of Topliss-reactive ketones (excluding diaryl/α,β-unsaturated/α-hetero) is 1. The van der Waals surface area contributed by atoms with E-state index in [0.717, 1.165) is 37.1 Å². The Labute approximate surface area is 165 Å². The lowest BCUT2D eigenvalue weighted by molar-refractivity contribution is -0.133. The molecule has 2 aromatic rings. The summed E-state index contributed by atoms with van der Waals surface area (Å²) in [7, 11) is 0. The van der Waals surface area contributed by atoms with Gasteiger partial charge in [-0.15, -0.1) is 0 Å². The molecule has 28 heavy (non-hydrogen) atoms. The van der Waals surface area contributed by atoms with Crippen LogP contribution in [0.25, 0.3) is 0 Å². The van der Waals surface area contributed by atoms with E-state index in [9.17, 15) is 9.59 Å². The van der Waals surface area contributed by atoms with Gasteiger partial charge >= 0.3 is 0 Å². The lowest BCUT2D eigenvalue weighted by Gasteiger charge is -2.31. The number of hydrogen-bond acceptors (Lipinski definition) is 4. The third-order valence-electron chi connectivity index (χ3n) is 5.95. The standard InChI is InChI=1S/C22H28N4O2/c1-14(2)11-15-3-5-16(6-4-15)20(27)17-7-9-26(10-8-17)22(28)19-12-18(19)21-23-13-24-25-21/h3-6,13-14,17-19H,7-12H2,1-2H3,(H,23,24,25)/t18-,19+/m1/s1. The smallest absolute Gasteiger partial charge is 0.226 e. The van der Waals surface area contributed by atoms with Crippen LogP contribution in [0.2, 0.25) is 0 Å². The molecule has 0 spiro atoms. The third-order valence-corrected chi connectivity index (χ3v) is 5.95. The van der Waals surface area contributed by atoms with E-state index in [1.54, 1.807) is 0 Å². The number of aromatic nitrogens is 3. The highest BCUT2D eigenvalue weighted by Crippen LogP contribution is 2.47. The number of benzene rings is 1. The van der Waals surface area contributed by atoms with Crippen molar-refractivity contribution in [1.82, 2.24) is 20.1 Å². The average molecular weight is 380 g/mol. The molecule has 1 amide bonds. The summed E-state index contributed by atoms with van der Waals surface area (Å²) in [6, 6.07) is 8.07. The molecular formula is C22H28N4O2. The molecule has 1 aromatic carbocycles. The van der Waals surface area contributed by atoms with Gasteiger partial charge in [-0.25, -0.2) is 4.98 Å². The Morgan fingerprint density at radius 1 is 1.18 bits per heavy atom. The van der Waals surface area contributed by atoms with Crippen LogP contribution < -0.4 is 0 Å². The van der Waals surface area contributed by atoms with Crippen molar-refractivity contribution >= 4 is 11.7 Å². The number of hydrogen-bond donors (Lipinski definition) is 1. The first kappa shape index (κ1) is 18.8. The number of carbonyl (C=O) groups excluding carboxylic acids is 2. The molecule has 0 radical (unpaired) electrons. The van der Waals surface area contributed by atoms with Crippen LogP contribution in [-0.2, 0) is 11.2 Å². The van der Waals surface area contributed by atoms with Gasteiger partial charge in [0.05, 0.1) is 0 Å². The minimum atomic E-state index is 0.0178. The SMILES string of the molecule is CC(C)Cc1ccc(C(=O)C2CCN(C(=O)[C@H]3C[C@H]3c3ncn[nH]3)CC2)cc1. The van der Waals surface area contributed by atoms with Crippen molar-refractivity contribution in [1.29, 1.82) is 0 Å². The zero-order valence-electron chi connectivity index (χ0n) is 16.6. The highest BCUT2D eigenvalue weighted by Gasteiger charge is 2.48. The fourth-order valence-corrected chi connectivity index (χ4v) is 4.27. The maximum Gasteiger partial charge on any atom is 0.226 e. The zero-order valence-corrected chi connectivity index (χ0v) is 16.6. The second kappa shape index (κ2) is 7.86. The lowest BCUT2D eigenvalue weighted by atomic mass is 9.88. The molecule has 2 atom stereocenters. The van der Waals surface area contributed by atoms with E-state index >= 15 is 0 Å². The Bertz CT molecular complexity index is 821. The van der Waals surface area contributed by atoms with E-state index in [0.29, 0.717) is 19.0 Å². The Hall–Kier alpha value is -2.50. The predicted octanol–water partition coefficient (Wildman–Crippen LogP) is 3.23. The second-order valence-electron chi connectivity index (χ2n) is 8.58. The van der Waals surface area contributed by atoms with E-state index in [1.165, 1.54) is 11.9 Å². The Kier molecular flexibility index (Phi) is 5.29. The number of nitrogens with zero attached hydrogens (tertiary/aromatic N) is 3. The monoisotopic (exact) mass is 380 g/mol. The molecule has 2 aliphatic rings. The van der Waals surface area contributed by atoms with Crippen LogP contribution in [0.3, 0.4) is 0 Å². The fraction of sp³-hybridized carbons (Fsp3) is 0.545. The molecule has 6 heteroatoms. The molecule has 148 valence electrons. The molecule has 0 bridgehead atoms. The fourth-order valence-electron chi connectivity index (χ4n) is 4.27. The zero-order chi connectivity index (χ0) is 19.7. The number of likely N-dealkylation sites (tertiary alicyclic amines) is 1. The van der Waals surface area contributed by atoms with Crippen LogP contribution >= 0.6 is 0 Å². The van der Waals surface area contributed by atoms with Gasteiger partial charge in [-0.1, -0.05) is 38.1 Å². The first-order chi connectivity index (χ1) is 13.5. The highest BCUT2D eigenvalue weighted by atomic mass is 16.2. The van der Waals surface area contributed by atoms with E-state index in [1.807, 2.05) is 17.0 Å². The number of rotatable bonds is 6. The van der Waals surface area contributed by atoms with E-state index in [2.05, 4.69) is 41.2 Å². The van der Waals surface area contributed by atoms with Crippen molar-refractivity contribution in [3.05, 3.63) is 47.5 Å². The summed E-state index contributed by atoms with van der Waals surface area (Å²) in [5.74, 6) is 2.05. The lowest BCUT2D eigenvalue weighted by Crippen LogP contribution is -2.41. The number of carbonyl (C=O) groups is 2. The molecule has 6 nitrogen and oxygen atoms in total. The number of piperidine rings is 1. The van der Waals surface area contributed by atoms with E-state index < -0.39 is 0 Å². The Morgan fingerprint density at radius 2 is 1.89 bits per heavy atom. The van der Waals surface area contributed by atoms with Gasteiger partial charge in [0, 0.05) is 36.4 Å². The highest BCUT2D eigenvalue weighted by molar-refractivity contribution is 5.98. The van der Waals surface area contributed by atoms with Crippen molar-refractivity contribution in [3.63, 3.8) is 0 Å². The van der Waals surface area contributed by atoms with Crippen molar-refractivity contribution in [2.24, 2.45) is 17.8 Å². The predicted molar refractivity (Wildman–Crippen MR) is 106 cm³/mol. The van der Waals surface area contributed by atoms with Crippen molar-refractivity contribution in [2.75, 3.05) is 13.1 Å². The summed E-state index contributed by atoms with van der Waals surface area (Å²) < 4.78 is 0. The number of nitrogens with one attached hydrogen (secondary N) is 1. The van der Waals surface area contributed by atoms with Crippen LogP contribution in [0.15, 0.2) is 30.6 Å². The van der Waals surface area contributed by atoms with Gasteiger partial charge in [0.2, 0.25) is 5.91 Å². The van der Waals surface area contributed by atoms with Gasteiger partial charge in [-0.05, 0) is 37.2 Å². The van der Waals surface area contributed by atoms with Crippen LogP contribution in [0.5, 0.6) is 0 Å². The number of amides is 1. The largest absolute Gasteiger partial charge is 0.342 e. The van der Waals surface area contributed by atoms with Gasteiger partial charge in [0.15, 0.2) is 5.78 Å². The van der Waals surface area contributed by atoms with Gasteiger partial charge < -0.3 is 4.90 Å². The first-order valence-electron chi connectivity index (χ1n) is 10.3. The Balaban J connectivity index is 1.29. The van der Waals surface area contributed by atoms with E-state index in [4.69, 9.17) is 0 Å². The quantitative estimate of drug-likeness (QED) is 0.781. The summed E-state index contributed by atoms with van der Waals surface area (Å²) in [5, 5.41) is 6.73. The van der Waals surface area contributed by atoms with Crippen LogP contribution in [-0.4, -0.2) is 44.9 Å². The van der Waals surface area contributed by atoms with Gasteiger partial charge in [0.1, 0.15) is 12.2 Å². The summed E-state index contributed by atoms with van der Waals surface area (Å²) in [5.41, 5.74) is 2.07. The van der Waals surface area contributed by atoms with Crippen LogP contribution in [0.4, 0.5) is 0 Å². The van der Waals surface area contributed by atoms with Crippen LogP contribution in [0.1, 0.15) is 60.8 Å². The van der Waals surface area contributed by atoms with E-state index in [-0.39, 0.29) is 29.4 Å². The van der Waals surface area contributed by atoms with Crippen molar-refractivity contribution < 1.29 is 9.59 Å². The second-order valence-corrected chi connectivity index (χ2v) is 8.58. The molecular weight excluding hydrogens is 352 g/mol. The third kappa shape index (κ3) is 4.01. The molecule has 1 aromatic heterocycles. The first-order valence-corrected chi connectivity index (χ1v) is 10.3.